The Bertz CT molecular complexity index is 496. The quantitative estimate of drug-likeness (QED) is 0.772. The molecule has 0 N–H and O–H groups in total. The Kier molecular flexibility index (Phi) is 5.38. The molecule has 2 rings (SSSR count). The summed E-state index contributed by atoms with van der Waals surface area (Å²) in [5.41, 5.74) is 0.456. The fourth-order valence-corrected chi connectivity index (χ4v) is 2.62. The average molecular weight is 295 g/mol. The lowest BCUT2D eigenvalue weighted by molar-refractivity contribution is -0.147. The fourth-order valence-electron chi connectivity index (χ4n) is 2.62. The SMILES string of the molecule is CCOC(=O)c1ccoc1CN1CCCC(C(=O)OC)C1. The molecule has 0 aliphatic carbocycles. The minimum atomic E-state index is -0.372. The number of nitrogens with zero attached hydrogens (tertiary/aromatic N) is 1. The third kappa shape index (κ3) is 3.85. The Hall–Kier alpha value is -1.82. The molecule has 1 atom stereocenters. The third-order valence-corrected chi connectivity index (χ3v) is 3.65. The van der Waals surface area contributed by atoms with Crippen molar-refractivity contribution in [2.75, 3.05) is 26.8 Å². The molecule has 1 aliphatic rings. The zero-order chi connectivity index (χ0) is 15.2. The number of carbonyl (C=O) groups excluding carboxylic acids is 2. The van der Waals surface area contributed by atoms with Crippen molar-refractivity contribution in [1.82, 2.24) is 4.90 Å². The van der Waals surface area contributed by atoms with Gasteiger partial charge in [0.1, 0.15) is 11.3 Å². The first kappa shape index (κ1) is 15.6. The van der Waals surface area contributed by atoms with Gasteiger partial charge in [-0.25, -0.2) is 4.79 Å². The number of piperidine rings is 1. The summed E-state index contributed by atoms with van der Waals surface area (Å²) in [5, 5.41) is 0. The number of esters is 2. The molecule has 0 bridgehead atoms. The molecule has 1 aliphatic heterocycles. The summed E-state index contributed by atoms with van der Waals surface area (Å²) < 4.78 is 15.2. The lowest BCUT2D eigenvalue weighted by Crippen LogP contribution is -2.38. The molecule has 116 valence electrons. The lowest BCUT2D eigenvalue weighted by Gasteiger charge is -2.30. The summed E-state index contributed by atoms with van der Waals surface area (Å²) in [5.74, 6) is -0.0729. The molecule has 1 unspecified atom stereocenters. The summed E-state index contributed by atoms with van der Waals surface area (Å²) in [6, 6.07) is 1.62. The number of carbonyl (C=O) groups is 2. The van der Waals surface area contributed by atoms with Gasteiger partial charge in [0.2, 0.25) is 0 Å². The Morgan fingerprint density at radius 3 is 3.00 bits per heavy atom. The highest BCUT2D eigenvalue weighted by Crippen LogP contribution is 2.21. The van der Waals surface area contributed by atoms with Crippen LogP contribution in [0.1, 0.15) is 35.9 Å². The molecular weight excluding hydrogens is 274 g/mol. The van der Waals surface area contributed by atoms with E-state index in [4.69, 9.17) is 13.9 Å². The lowest BCUT2D eigenvalue weighted by atomic mass is 9.98. The van der Waals surface area contributed by atoms with Gasteiger partial charge in [0.05, 0.1) is 32.4 Å². The first-order valence-corrected chi connectivity index (χ1v) is 7.19. The summed E-state index contributed by atoms with van der Waals surface area (Å²) >= 11 is 0. The zero-order valence-electron chi connectivity index (χ0n) is 12.5. The second-order valence-electron chi connectivity index (χ2n) is 5.08. The standard InChI is InChI=1S/C15H21NO5/c1-3-20-15(18)12-6-8-21-13(12)10-16-7-4-5-11(9-16)14(17)19-2/h6,8,11H,3-5,7,9-10H2,1-2H3. The van der Waals surface area contributed by atoms with Crippen LogP contribution in [0, 0.1) is 5.92 Å². The van der Waals surface area contributed by atoms with Crippen molar-refractivity contribution in [3.63, 3.8) is 0 Å². The van der Waals surface area contributed by atoms with Gasteiger partial charge in [0, 0.05) is 6.54 Å². The molecule has 1 aromatic rings. The number of hydrogen-bond donors (Lipinski definition) is 0. The number of methoxy groups -OCH3 is 1. The van der Waals surface area contributed by atoms with Crippen LogP contribution in [0.5, 0.6) is 0 Å². The van der Waals surface area contributed by atoms with Crippen molar-refractivity contribution in [1.29, 1.82) is 0 Å². The molecule has 0 spiro atoms. The highest BCUT2D eigenvalue weighted by molar-refractivity contribution is 5.90. The first-order chi connectivity index (χ1) is 10.2. The van der Waals surface area contributed by atoms with Gasteiger partial charge in [-0.1, -0.05) is 0 Å². The van der Waals surface area contributed by atoms with E-state index in [-0.39, 0.29) is 17.9 Å². The molecule has 0 radical (unpaired) electrons. The minimum absolute atomic E-state index is 0.107. The van der Waals surface area contributed by atoms with Gasteiger partial charge in [-0.15, -0.1) is 0 Å². The molecule has 0 aromatic carbocycles. The van der Waals surface area contributed by atoms with Gasteiger partial charge < -0.3 is 13.9 Å². The smallest absolute Gasteiger partial charge is 0.341 e. The average Bonchev–Trinajstić information content (AvgIpc) is 2.95. The molecule has 6 heteroatoms. The van der Waals surface area contributed by atoms with Gasteiger partial charge in [-0.2, -0.15) is 0 Å². The van der Waals surface area contributed by atoms with Crippen LogP contribution in [0.25, 0.3) is 0 Å². The number of rotatable bonds is 5. The van der Waals surface area contributed by atoms with Gasteiger partial charge in [-0.3, -0.25) is 9.69 Å². The highest BCUT2D eigenvalue weighted by Gasteiger charge is 2.28. The van der Waals surface area contributed by atoms with Crippen LogP contribution in [0.15, 0.2) is 16.7 Å². The van der Waals surface area contributed by atoms with E-state index in [0.29, 0.717) is 31.0 Å². The Labute approximate surface area is 124 Å². The van der Waals surface area contributed by atoms with Gasteiger partial charge in [0.25, 0.3) is 0 Å². The van der Waals surface area contributed by atoms with E-state index in [1.54, 1.807) is 13.0 Å². The van der Waals surface area contributed by atoms with Crippen molar-refractivity contribution in [2.24, 2.45) is 5.92 Å². The van der Waals surface area contributed by atoms with Crippen molar-refractivity contribution < 1.29 is 23.5 Å². The largest absolute Gasteiger partial charge is 0.469 e. The first-order valence-electron chi connectivity index (χ1n) is 7.19. The van der Waals surface area contributed by atoms with E-state index in [2.05, 4.69) is 4.90 Å². The maximum atomic E-state index is 11.8. The van der Waals surface area contributed by atoms with Crippen LogP contribution in [-0.2, 0) is 20.8 Å². The molecule has 1 fully saturated rings. The molecule has 0 amide bonds. The topological polar surface area (TPSA) is 69.0 Å². The van der Waals surface area contributed by atoms with Crippen LogP contribution >= 0.6 is 0 Å². The molecule has 2 heterocycles. The summed E-state index contributed by atoms with van der Waals surface area (Å²) in [7, 11) is 1.41. The molecule has 1 aromatic heterocycles. The summed E-state index contributed by atoms with van der Waals surface area (Å²) in [6.45, 7) is 4.08. The van der Waals surface area contributed by atoms with Crippen LogP contribution < -0.4 is 0 Å². The van der Waals surface area contributed by atoms with E-state index in [1.165, 1.54) is 13.4 Å². The Balaban J connectivity index is 2.00. The zero-order valence-corrected chi connectivity index (χ0v) is 12.5. The van der Waals surface area contributed by atoms with E-state index < -0.39 is 0 Å². The number of ether oxygens (including phenoxy) is 2. The van der Waals surface area contributed by atoms with E-state index in [1.807, 2.05) is 0 Å². The second kappa shape index (κ2) is 7.26. The van der Waals surface area contributed by atoms with Crippen molar-refractivity contribution in [2.45, 2.75) is 26.3 Å². The van der Waals surface area contributed by atoms with Crippen LogP contribution in [0.3, 0.4) is 0 Å². The Morgan fingerprint density at radius 1 is 1.48 bits per heavy atom. The highest BCUT2D eigenvalue weighted by atomic mass is 16.5. The molecule has 6 nitrogen and oxygen atoms in total. The van der Waals surface area contributed by atoms with Gasteiger partial charge in [0.15, 0.2) is 0 Å². The predicted octanol–water partition coefficient (Wildman–Crippen LogP) is 1.84. The van der Waals surface area contributed by atoms with Crippen LogP contribution in [0.2, 0.25) is 0 Å². The maximum absolute atomic E-state index is 11.8. The number of hydrogen-bond acceptors (Lipinski definition) is 6. The Morgan fingerprint density at radius 2 is 2.29 bits per heavy atom. The van der Waals surface area contributed by atoms with Crippen molar-refractivity contribution >= 4 is 11.9 Å². The van der Waals surface area contributed by atoms with Crippen molar-refractivity contribution in [3.05, 3.63) is 23.7 Å². The monoisotopic (exact) mass is 295 g/mol. The molecular formula is C15H21NO5. The van der Waals surface area contributed by atoms with Crippen LogP contribution in [0.4, 0.5) is 0 Å². The van der Waals surface area contributed by atoms with Crippen molar-refractivity contribution in [3.8, 4) is 0 Å². The normalized spacial score (nSPS) is 19.2. The number of likely N-dealkylation sites (tertiary alicyclic amines) is 1. The van der Waals surface area contributed by atoms with Gasteiger partial charge >= 0.3 is 11.9 Å². The minimum Gasteiger partial charge on any atom is -0.469 e. The molecule has 21 heavy (non-hydrogen) atoms. The van der Waals surface area contributed by atoms with E-state index in [0.717, 1.165) is 19.4 Å². The van der Waals surface area contributed by atoms with E-state index in [9.17, 15) is 9.59 Å². The van der Waals surface area contributed by atoms with E-state index >= 15 is 0 Å². The maximum Gasteiger partial charge on any atom is 0.341 e. The second-order valence-corrected chi connectivity index (χ2v) is 5.08. The third-order valence-electron chi connectivity index (χ3n) is 3.65. The summed E-state index contributed by atoms with van der Waals surface area (Å²) in [6.07, 6.45) is 3.25. The molecule has 0 saturated carbocycles. The predicted molar refractivity (Wildman–Crippen MR) is 74.7 cm³/mol. The number of furan rings is 1. The summed E-state index contributed by atoms with van der Waals surface area (Å²) in [4.78, 5) is 25.5. The van der Waals surface area contributed by atoms with Gasteiger partial charge in [-0.05, 0) is 32.4 Å². The van der Waals surface area contributed by atoms with Crippen LogP contribution in [-0.4, -0.2) is 43.6 Å². The fraction of sp³-hybridized carbons (Fsp3) is 0.600. The molecule has 1 saturated heterocycles.